The Kier molecular flexibility index (Phi) is 6.48. The lowest BCUT2D eigenvalue weighted by Crippen LogP contribution is -2.35. The molecule has 154 valence electrons. The summed E-state index contributed by atoms with van der Waals surface area (Å²) in [7, 11) is 1.24. The van der Waals surface area contributed by atoms with Gasteiger partial charge in [0.1, 0.15) is 11.9 Å². The Bertz CT molecular complexity index is 1020. The summed E-state index contributed by atoms with van der Waals surface area (Å²) < 4.78 is 17.6. The molecule has 3 N–H and O–H groups in total. The van der Waals surface area contributed by atoms with E-state index < -0.39 is 23.8 Å². The second-order valence-corrected chi connectivity index (χ2v) is 6.19. The number of halogens is 1. The van der Waals surface area contributed by atoms with Crippen molar-refractivity contribution in [2.75, 3.05) is 12.4 Å². The van der Waals surface area contributed by atoms with Crippen LogP contribution in [-0.4, -0.2) is 43.1 Å². The van der Waals surface area contributed by atoms with Crippen LogP contribution in [0.2, 0.25) is 0 Å². The quantitative estimate of drug-likeness (QED) is 0.377. The highest BCUT2D eigenvalue weighted by Gasteiger charge is 2.29. The van der Waals surface area contributed by atoms with Crippen LogP contribution in [0.3, 0.4) is 0 Å². The number of rotatable bonds is 6. The molecule has 30 heavy (non-hydrogen) atoms. The number of nitrogens with zero attached hydrogens (tertiary/aromatic N) is 2. The molecule has 0 aromatic heterocycles. The summed E-state index contributed by atoms with van der Waals surface area (Å²) in [6.45, 7) is 0. The predicted molar refractivity (Wildman–Crippen MR) is 108 cm³/mol. The van der Waals surface area contributed by atoms with Gasteiger partial charge in [0.25, 0.3) is 5.91 Å². The molecule has 2 aromatic rings. The lowest BCUT2D eigenvalue weighted by molar-refractivity contribution is -0.123. The van der Waals surface area contributed by atoms with Gasteiger partial charge in [-0.05, 0) is 29.8 Å². The number of carbonyl (C=O) groups is 3. The Morgan fingerprint density at radius 3 is 2.70 bits per heavy atom. The molecule has 0 radical (unpaired) electrons. The molecule has 2 aromatic carbocycles. The van der Waals surface area contributed by atoms with Gasteiger partial charge in [-0.3, -0.25) is 14.9 Å². The summed E-state index contributed by atoms with van der Waals surface area (Å²) in [5, 5.41) is 8.98. The number of guanidine groups is 1. The van der Waals surface area contributed by atoms with E-state index in [1.54, 1.807) is 18.2 Å². The first-order valence-electron chi connectivity index (χ1n) is 8.87. The maximum atomic E-state index is 12.9. The number of hydrazone groups is 1. The lowest BCUT2D eigenvalue weighted by Gasteiger charge is -2.10. The number of hydrogen-bond donors (Lipinski definition) is 3. The minimum absolute atomic E-state index is 0.0890. The normalized spacial score (nSPS) is 15.5. The molecule has 0 bridgehead atoms. The van der Waals surface area contributed by atoms with Crippen LogP contribution in [-0.2, 0) is 14.3 Å². The number of esters is 1. The van der Waals surface area contributed by atoms with Gasteiger partial charge in [-0.1, -0.05) is 24.3 Å². The molecular weight excluding hydrogens is 393 g/mol. The Labute approximate surface area is 171 Å². The molecule has 2 amide bonds. The highest BCUT2D eigenvalue weighted by atomic mass is 19.1. The second-order valence-electron chi connectivity index (χ2n) is 6.19. The SMILES string of the molecule is COC(=O)c1ccccc1NC(=O)CC1N=C(N/N=C/c2ccc(F)cc2)NC1=O. The van der Waals surface area contributed by atoms with Gasteiger partial charge in [-0.25, -0.2) is 19.6 Å². The van der Waals surface area contributed by atoms with Crippen LogP contribution in [0.4, 0.5) is 10.1 Å². The molecular formula is C20H18FN5O4. The van der Waals surface area contributed by atoms with E-state index >= 15 is 0 Å². The van der Waals surface area contributed by atoms with Crippen molar-refractivity contribution >= 4 is 35.6 Å². The van der Waals surface area contributed by atoms with Gasteiger partial charge in [0.05, 0.1) is 31.0 Å². The van der Waals surface area contributed by atoms with Crippen molar-refractivity contribution in [3.8, 4) is 0 Å². The van der Waals surface area contributed by atoms with Gasteiger partial charge in [0.15, 0.2) is 0 Å². The largest absolute Gasteiger partial charge is 0.465 e. The molecule has 1 aliphatic rings. The Morgan fingerprint density at radius 1 is 1.23 bits per heavy atom. The van der Waals surface area contributed by atoms with Crippen molar-refractivity contribution < 1.29 is 23.5 Å². The molecule has 3 rings (SSSR count). The van der Waals surface area contributed by atoms with Crippen molar-refractivity contribution in [1.82, 2.24) is 10.7 Å². The van der Waals surface area contributed by atoms with Crippen LogP contribution in [0.5, 0.6) is 0 Å². The van der Waals surface area contributed by atoms with E-state index in [0.29, 0.717) is 5.56 Å². The van der Waals surface area contributed by atoms with E-state index in [0.717, 1.165) is 0 Å². The number of amides is 2. The third-order valence-electron chi connectivity index (χ3n) is 4.07. The summed E-state index contributed by atoms with van der Waals surface area (Å²) >= 11 is 0. The maximum absolute atomic E-state index is 12.9. The summed E-state index contributed by atoms with van der Waals surface area (Å²) in [5.74, 6) is -1.82. The molecule has 1 heterocycles. The molecule has 0 fully saturated rings. The summed E-state index contributed by atoms with van der Waals surface area (Å²) in [6.07, 6.45) is 1.20. The topological polar surface area (TPSA) is 121 Å². The average molecular weight is 411 g/mol. The van der Waals surface area contributed by atoms with E-state index in [2.05, 4.69) is 30.9 Å². The van der Waals surface area contributed by atoms with E-state index in [1.807, 2.05) is 0 Å². The zero-order chi connectivity index (χ0) is 21.5. The van der Waals surface area contributed by atoms with Crippen molar-refractivity contribution in [3.63, 3.8) is 0 Å². The van der Waals surface area contributed by atoms with Gasteiger partial charge in [0.2, 0.25) is 11.9 Å². The van der Waals surface area contributed by atoms with Gasteiger partial charge < -0.3 is 10.1 Å². The van der Waals surface area contributed by atoms with Crippen molar-refractivity contribution in [2.24, 2.45) is 10.1 Å². The second kappa shape index (κ2) is 9.41. The fourth-order valence-corrected chi connectivity index (χ4v) is 2.62. The van der Waals surface area contributed by atoms with Crippen LogP contribution in [0, 0.1) is 5.82 Å². The number of nitrogens with one attached hydrogen (secondary N) is 3. The van der Waals surface area contributed by atoms with Crippen LogP contribution in [0.25, 0.3) is 0 Å². The Hall–Kier alpha value is -4.08. The van der Waals surface area contributed by atoms with Crippen LogP contribution in [0.15, 0.2) is 58.6 Å². The molecule has 1 unspecified atom stereocenters. The Morgan fingerprint density at radius 2 is 1.97 bits per heavy atom. The smallest absolute Gasteiger partial charge is 0.339 e. The lowest BCUT2D eigenvalue weighted by atomic mass is 10.1. The number of hydrogen-bond acceptors (Lipinski definition) is 7. The van der Waals surface area contributed by atoms with Gasteiger partial charge in [0, 0.05) is 0 Å². The predicted octanol–water partition coefficient (Wildman–Crippen LogP) is 1.42. The minimum Gasteiger partial charge on any atom is -0.465 e. The van der Waals surface area contributed by atoms with E-state index in [4.69, 9.17) is 0 Å². The number of anilines is 1. The number of ether oxygens (including phenoxy) is 1. The third kappa shape index (κ3) is 5.25. The van der Waals surface area contributed by atoms with Crippen LogP contribution < -0.4 is 16.1 Å². The first-order chi connectivity index (χ1) is 14.5. The molecule has 10 heteroatoms. The fourth-order valence-electron chi connectivity index (χ4n) is 2.62. The summed E-state index contributed by atoms with van der Waals surface area (Å²) in [6, 6.07) is 11.1. The monoisotopic (exact) mass is 411 g/mol. The summed E-state index contributed by atoms with van der Waals surface area (Å²) in [4.78, 5) is 40.2. The van der Waals surface area contributed by atoms with Crippen molar-refractivity contribution in [2.45, 2.75) is 12.5 Å². The van der Waals surface area contributed by atoms with E-state index in [-0.39, 0.29) is 29.4 Å². The van der Waals surface area contributed by atoms with Crippen LogP contribution in [0.1, 0.15) is 22.3 Å². The molecule has 0 spiro atoms. The molecule has 0 aliphatic carbocycles. The fraction of sp³-hybridized carbons (Fsp3) is 0.150. The van der Waals surface area contributed by atoms with Crippen LogP contribution >= 0.6 is 0 Å². The number of carbonyl (C=O) groups excluding carboxylic acids is 3. The van der Waals surface area contributed by atoms with Crippen molar-refractivity contribution in [3.05, 3.63) is 65.5 Å². The average Bonchev–Trinajstić information content (AvgIpc) is 3.08. The molecule has 0 saturated heterocycles. The molecule has 9 nitrogen and oxygen atoms in total. The standard InChI is InChI=1S/C20H18FN5O4/c1-30-19(29)14-4-2-3-5-15(14)23-17(27)10-16-18(28)25-20(24-16)26-22-11-12-6-8-13(21)9-7-12/h2-9,11,16H,10H2,1H3,(H,23,27)(H2,24,25,26,28)/b22-11+. The molecule has 0 saturated carbocycles. The zero-order valence-corrected chi connectivity index (χ0v) is 15.9. The van der Waals surface area contributed by atoms with Gasteiger partial charge in [-0.15, -0.1) is 0 Å². The summed E-state index contributed by atoms with van der Waals surface area (Å²) in [5.41, 5.74) is 3.68. The highest BCUT2D eigenvalue weighted by Crippen LogP contribution is 2.17. The first-order valence-corrected chi connectivity index (χ1v) is 8.87. The number of para-hydroxylation sites is 1. The zero-order valence-electron chi connectivity index (χ0n) is 15.9. The molecule has 1 aliphatic heterocycles. The van der Waals surface area contributed by atoms with Crippen molar-refractivity contribution in [1.29, 1.82) is 0 Å². The highest BCUT2D eigenvalue weighted by molar-refractivity contribution is 6.08. The van der Waals surface area contributed by atoms with E-state index in [9.17, 15) is 18.8 Å². The number of benzene rings is 2. The first kappa shape index (κ1) is 20.6. The minimum atomic E-state index is -0.946. The Balaban J connectivity index is 1.58. The molecule has 1 atom stereocenters. The third-order valence-corrected chi connectivity index (χ3v) is 4.07. The maximum Gasteiger partial charge on any atom is 0.339 e. The van der Waals surface area contributed by atoms with E-state index in [1.165, 1.54) is 43.7 Å². The number of methoxy groups -OCH3 is 1. The number of aliphatic imine (C=N–C) groups is 1. The van der Waals surface area contributed by atoms with Gasteiger partial charge >= 0.3 is 5.97 Å². The van der Waals surface area contributed by atoms with Gasteiger partial charge in [-0.2, -0.15) is 5.10 Å².